The molecule has 0 aromatic heterocycles. The summed E-state index contributed by atoms with van der Waals surface area (Å²) in [5.74, 6) is -0.180. The Morgan fingerprint density at radius 1 is 1.25 bits per heavy atom. The minimum absolute atomic E-state index is 0.0375. The van der Waals surface area contributed by atoms with Gasteiger partial charge in [-0.15, -0.1) is 0 Å². The Morgan fingerprint density at radius 3 is 2.79 bits per heavy atom. The molecule has 3 N–H and O–H groups in total. The van der Waals surface area contributed by atoms with Crippen molar-refractivity contribution < 1.29 is 15.0 Å². The van der Waals surface area contributed by atoms with Crippen LogP contribution in [0.15, 0.2) is 36.4 Å². The van der Waals surface area contributed by atoms with Crippen molar-refractivity contribution >= 4 is 17.5 Å². The van der Waals surface area contributed by atoms with Crippen molar-refractivity contribution in [3.63, 3.8) is 0 Å². The van der Waals surface area contributed by atoms with Gasteiger partial charge in [0.25, 0.3) is 5.91 Å². The van der Waals surface area contributed by atoms with Gasteiger partial charge in [-0.3, -0.25) is 4.79 Å². The van der Waals surface area contributed by atoms with Crippen LogP contribution >= 0.6 is 11.6 Å². The van der Waals surface area contributed by atoms with Gasteiger partial charge in [0.15, 0.2) is 0 Å². The lowest BCUT2D eigenvalue weighted by atomic mass is 10.0. The summed E-state index contributed by atoms with van der Waals surface area (Å²) in [5, 5.41) is 23.2. The molecule has 1 aliphatic heterocycles. The summed E-state index contributed by atoms with van der Waals surface area (Å²) in [4.78, 5) is 14.8. The Labute approximate surface area is 170 Å². The van der Waals surface area contributed by atoms with E-state index in [-0.39, 0.29) is 34.0 Å². The zero-order chi connectivity index (χ0) is 20.3. The van der Waals surface area contributed by atoms with Gasteiger partial charge in [-0.25, -0.2) is 0 Å². The normalized spacial score (nSPS) is 16.7. The largest absolute Gasteiger partial charge is 0.507 e. The topological polar surface area (TPSA) is 72.8 Å². The highest BCUT2D eigenvalue weighted by molar-refractivity contribution is 6.32. The molecule has 0 spiro atoms. The lowest BCUT2D eigenvalue weighted by Crippen LogP contribution is -2.30. The maximum absolute atomic E-state index is 13.1. The van der Waals surface area contributed by atoms with Crippen molar-refractivity contribution in [3.8, 4) is 11.5 Å². The number of phenolic OH excluding ortho intramolecular Hbond substituents is 2. The molecule has 0 radical (unpaired) electrons. The van der Waals surface area contributed by atoms with Gasteiger partial charge in [0.05, 0.1) is 16.6 Å². The van der Waals surface area contributed by atoms with E-state index in [0.717, 1.165) is 37.6 Å². The second-order valence-electron chi connectivity index (χ2n) is 7.75. The van der Waals surface area contributed by atoms with Crippen LogP contribution in [0.25, 0.3) is 0 Å². The van der Waals surface area contributed by atoms with Crippen LogP contribution in [-0.2, 0) is 6.54 Å². The molecule has 1 atom stereocenters. The minimum Gasteiger partial charge on any atom is -0.507 e. The SMILES string of the molecule is CC(C)CNCc1cccc(C2CCCN2C(=O)c2cc(Cl)c(O)cc2O)c1. The van der Waals surface area contributed by atoms with Gasteiger partial charge in [0.2, 0.25) is 0 Å². The summed E-state index contributed by atoms with van der Waals surface area (Å²) >= 11 is 5.94. The molecule has 1 saturated heterocycles. The molecule has 1 amide bonds. The smallest absolute Gasteiger partial charge is 0.258 e. The van der Waals surface area contributed by atoms with Crippen LogP contribution in [0.3, 0.4) is 0 Å². The van der Waals surface area contributed by atoms with Crippen molar-refractivity contribution in [2.24, 2.45) is 5.92 Å². The van der Waals surface area contributed by atoms with Crippen molar-refractivity contribution in [3.05, 3.63) is 58.1 Å². The zero-order valence-electron chi connectivity index (χ0n) is 16.3. The standard InChI is InChI=1S/C22H27ClN2O3/c1-14(2)12-24-13-15-5-3-6-16(9-15)19-7-4-8-25(19)22(28)17-10-18(23)21(27)11-20(17)26/h3,5-6,9-11,14,19,24,26-27H,4,7-8,12-13H2,1-2H3. The van der Waals surface area contributed by atoms with Gasteiger partial charge >= 0.3 is 0 Å². The number of likely N-dealkylation sites (tertiary alicyclic amines) is 1. The van der Waals surface area contributed by atoms with E-state index in [1.54, 1.807) is 4.90 Å². The van der Waals surface area contributed by atoms with Crippen molar-refractivity contribution in [1.82, 2.24) is 10.2 Å². The first-order valence-electron chi connectivity index (χ1n) is 9.68. The second-order valence-corrected chi connectivity index (χ2v) is 8.15. The average molecular weight is 403 g/mol. The Bertz CT molecular complexity index is 854. The number of carbonyl (C=O) groups excluding carboxylic acids is 1. The lowest BCUT2D eigenvalue weighted by Gasteiger charge is -2.26. The van der Waals surface area contributed by atoms with Gasteiger partial charge in [0, 0.05) is 19.2 Å². The third-order valence-electron chi connectivity index (χ3n) is 5.03. The molecular weight excluding hydrogens is 376 g/mol. The fourth-order valence-corrected chi connectivity index (χ4v) is 3.81. The summed E-state index contributed by atoms with van der Waals surface area (Å²) in [5.41, 5.74) is 2.40. The molecule has 0 bridgehead atoms. The van der Waals surface area contributed by atoms with Gasteiger partial charge in [0.1, 0.15) is 11.5 Å². The van der Waals surface area contributed by atoms with Crippen LogP contribution < -0.4 is 5.32 Å². The lowest BCUT2D eigenvalue weighted by molar-refractivity contribution is 0.0732. The highest BCUT2D eigenvalue weighted by Crippen LogP contribution is 2.37. The fraction of sp³-hybridized carbons (Fsp3) is 0.409. The number of aromatic hydroxyl groups is 2. The number of rotatable bonds is 6. The summed E-state index contributed by atoms with van der Waals surface area (Å²) < 4.78 is 0. The maximum Gasteiger partial charge on any atom is 0.258 e. The number of benzene rings is 2. The van der Waals surface area contributed by atoms with E-state index < -0.39 is 0 Å². The number of hydrogen-bond donors (Lipinski definition) is 3. The molecule has 28 heavy (non-hydrogen) atoms. The third kappa shape index (κ3) is 4.59. The van der Waals surface area contributed by atoms with Gasteiger partial charge in [-0.2, -0.15) is 0 Å². The van der Waals surface area contributed by atoms with E-state index in [4.69, 9.17) is 11.6 Å². The Balaban J connectivity index is 1.79. The first-order chi connectivity index (χ1) is 13.4. The van der Waals surface area contributed by atoms with Gasteiger partial charge < -0.3 is 20.4 Å². The molecule has 1 unspecified atom stereocenters. The van der Waals surface area contributed by atoms with Crippen molar-refractivity contribution in [2.45, 2.75) is 39.3 Å². The van der Waals surface area contributed by atoms with Crippen LogP contribution in [0.2, 0.25) is 5.02 Å². The Kier molecular flexibility index (Phi) is 6.47. The maximum atomic E-state index is 13.1. The molecule has 1 fully saturated rings. The Morgan fingerprint density at radius 2 is 2.04 bits per heavy atom. The second kappa shape index (κ2) is 8.84. The number of amides is 1. The van der Waals surface area contributed by atoms with E-state index in [1.165, 1.54) is 11.6 Å². The summed E-state index contributed by atoms with van der Waals surface area (Å²) in [6, 6.07) is 10.7. The molecule has 150 valence electrons. The number of nitrogens with one attached hydrogen (secondary N) is 1. The first-order valence-corrected chi connectivity index (χ1v) is 10.1. The fourth-order valence-electron chi connectivity index (χ4n) is 3.65. The number of halogens is 1. The van der Waals surface area contributed by atoms with Crippen LogP contribution in [-0.4, -0.2) is 34.1 Å². The first kappa shape index (κ1) is 20.5. The van der Waals surface area contributed by atoms with Crippen molar-refractivity contribution in [2.75, 3.05) is 13.1 Å². The molecule has 5 nitrogen and oxygen atoms in total. The zero-order valence-corrected chi connectivity index (χ0v) is 17.0. The summed E-state index contributed by atoms with van der Waals surface area (Å²) in [6.07, 6.45) is 1.78. The third-order valence-corrected chi connectivity index (χ3v) is 5.33. The van der Waals surface area contributed by atoms with Crippen LogP contribution in [0, 0.1) is 5.92 Å². The molecule has 0 saturated carbocycles. The number of nitrogens with zero attached hydrogens (tertiary/aromatic N) is 1. The van der Waals surface area contributed by atoms with E-state index in [1.807, 2.05) is 12.1 Å². The number of carbonyl (C=O) groups is 1. The predicted molar refractivity (Wildman–Crippen MR) is 111 cm³/mol. The molecule has 3 rings (SSSR count). The van der Waals surface area contributed by atoms with E-state index in [0.29, 0.717) is 12.5 Å². The van der Waals surface area contributed by atoms with E-state index >= 15 is 0 Å². The monoisotopic (exact) mass is 402 g/mol. The number of phenols is 2. The molecule has 1 heterocycles. The van der Waals surface area contributed by atoms with E-state index in [9.17, 15) is 15.0 Å². The molecule has 1 aliphatic rings. The van der Waals surface area contributed by atoms with E-state index in [2.05, 4.69) is 31.3 Å². The molecule has 2 aromatic carbocycles. The summed E-state index contributed by atoms with van der Waals surface area (Å²) in [7, 11) is 0. The van der Waals surface area contributed by atoms with Crippen LogP contribution in [0.1, 0.15) is 54.2 Å². The van der Waals surface area contributed by atoms with Crippen LogP contribution in [0.5, 0.6) is 11.5 Å². The van der Waals surface area contributed by atoms with Gasteiger partial charge in [-0.05, 0) is 42.5 Å². The number of hydrogen-bond acceptors (Lipinski definition) is 4. The molecule has 0 aliphatic carbocycles. The molecule has 6 heteroatoms. The Hall–Kier alpha value is -2.24. The average Bonchev–Trinajstić information content (AvgIpc) is 3.14. The van der Waals surface area contributed by atoms with Crippen LogP contribution in [0.4, 0.5) is 0 Å². The molecule has 2 aromatic rings. The summed E-state index contributed by atoms with van der Waals surface area (Å²) in [6.45, 7) is 6.73. The highest BCUT2D eigenvalue weighted by Gasteiger charge is 2.32. The highest BCUT2D eigenvalue weighted by atomic mass is 35.5. The van der Waals surface area contributed by atoms with Crippen molar-refractivity contribution in [1.29, 1.82) is 0 Å². The molecular formula is C22H27ClN2O3. The minimum atomic E-state index is -0.273. The predicted octanol–water partition coefficient (Wildman–Crippen LogP) is 4.47. The quantitative estimate of drug-likeness (QED) is 0.666. The van der Waals surface area contributed by atoms with Gasteiger partial charge in [-0.1, -0.05) is 49.7 Å².